The number of benzene rings is 1. The Bertz CT molecular complexity index is 733. The van der Waals surface area contributed by atoms with Gasteiger partial charge >= 0.3 is 11.9 Å². The summed E-state index contributed by atoms with van der Waals surface area (Å²) in [5.74, 6) is -0.831. The van der Waals surface area contributed by atoms with Crippen LogP contribution in [-0.4, -0.2) is 19.0 Å². The van der Waals surface area contributed by atoms with Crippen LogP contribution in [0.5, 0.6) is 5.06 Å². The molecule has 0 aliphatic heterocycles. The van der Waals surface area contributed by atoms with Gasteiger partial charge in [0.05, 0.1) is 18.2 Å². The van der Waals surface area contributed by atoms with Crippen LogP contribution in [0.15, 0.2) is 30.3 Å². The van der Waals surface area contributed by atoms with E-state index in [2.05, 4.69) is 11.7 Å². The van der Waals surface area contributed by atoms with Crippen molar-refractivity contribution >= 4 is 23.3 Å². The quantitative estimate of drug-likeness (QED) is 0.480. The van der Waals surface area contributed by atoms with Crippen molar-refractivity contribution in [1.29, 1.82) is 0 Å². The summed E-state index contributed by atoms with van der Waals surface area (Å²) < 4.78 is 10.2. The van der Waals surface area contributed by atoms with E-state index in [9.17, 15) is 9.59 Å². The number of hydrogen-bond acceptors (Lipinski definition) is 5. The SMILES string of the molecule is CCCCCCc1ccc(OC(=O)c2ccc(C(=O)OC)cc2C)s1. The summed E-state index contributed by atoms with van der Waals surface area (Å²) >= 11 is 1.51. The molecule has 134 valence electrons. The average molecular weight is 360 g/mol. The standard InChI is InChI=1S/C20H24O4S/c1-4-5-6-7-8-16-10-12-18(25-16)24-20(22)17-11-9-15(13-14(17)2)19(21)23-3/h9-13H,4-8H2,1-3H3. The van der Waals surface area contributed by atoms with Gasteiger partial charge < -0.3 is 9.47 Å². The molecule has 0 atom stereocenters. The molecule has 25 heavy (non-hydrogen) atoms. The molecule has 0 saturated heterocycles. The molecule has 0 radical (unpaired) electrons. The first-order chi connectivity index (χ1) is 12.0. The van der Waals surface area contributed by atoms with E-state index in [1.807, 2.05) is 12.1 Å². The number of rotatable bonds is 8. The first kappa shape index (κ1) is 19.2. The van der Waals surface area contributed by atoms with Crippen LogP contribution in [0.1, 0.15) is 63.8 Å². The summed E-state index contributed by atoms with van der Waals surface area (Å²) in [5.41, 5.74) is 1.55. The van der Waals surface area contributed by atoms with E-state index in [0.29, 0.717) is 21.8 Å². The maximum atomic E-state index is 12.4. The predicted molar refractivity (Wildman–Crippen MR) is 99.6 cm³/mol. The largest absolute Gasteiger partial charge is 0.465 e. The molecule has 0 aliphatic rings. The van der Waals surface area contributed by atoms with Gasteiger partial charge in [-0.05, 0) is 55.7 Å². The highest BCUT2D eigenvalue weighted by atomic mass is 32.1. The molecular formula is C20H24O4S. The smallest absolute Gasteiger partial charge is 0.344 e. The molecule has 5 heteroatoms. The second kappa shape index (κ2) is 9.37. The second-order valence-electron chi connectivity index (χ2n) is 5.94. The van der Waals surface area contributed by atoms with Crippen molar-refractivity contribution in [2.24, 2.45) is 0 Å². The first-order valence-corrected chi connectivity index (χ1v) is 9.36. The first-order valence-electron chi connectivity index (χ1n) is 8.55. The van der Waals surface area contributed by atoms with E-state index in [1.54, 1.807) is 25.1 Å². The lowest BCUT2D eigenvalue weighted by atomic mass is 10.1. The molecule has 1 aromatic heterocycles. The van der Waals surface area contributed by atoms with E-state index in [4.69, 9.17) is 4.74 Å². The van der Waals surface area contributed by atoms with Crippen LogP contribution in [-0.2, 0) is 11.2 Å². The fourth-order valence-corrected chi connectivity index (χ4v) is 3.45. The summed E-state index contributed by atoms with van der Waals surface area (Å²) in [6.07, 6.45) is 5.90. The Hall–Kier alpha value is -2.14. The van der Waals surface area contributed by atoms with Gasteiger partial charge in [0.1, 0.15) is 0 Å². The summed E-state index contributed by atoms with van der Waals surface area (Å²) in [5, 5.41) is 0.604. The lowest BCUT2D eigenvalue weighted by Crippen LogP contribution is -2.11. The molecule has 0 fully saturated rings. The van der Waals surface area contributed by atoms with Gasteiger partial charge in [-0.1, -0.05) is 26.2 Å². The number of carbonyl (C=O) groups excluding carboxylic acids is 2. The average Bonchev–Trinajstić information content (AvgIpc) is 3.05. The Kier molecular flexibility index (Phi) is 7.19. The van der Waals surface area contributed by atoms with Gasteiger partial charge in [-0.2, -0.15) is 0 Å². The fourth-order valence-electron chi connectivity index (χ4n) is 2.56. The molecule has 0 aliphatic carbocycles. The van der Waals surface area contributed by atoms with Crippen LogP contribution < -0.4 is 4.74 Å². The van der Waals surface area contributed by atoms with Gasteiger partial charge in [-0.3, -0.25) is 0 Å². The number of esters is 2. The van der Waals surface area contributed by atoms with Gasteiger partial charge in [0.2, 0.25) is 0 Å². The normalized spacial score (nSPS) is 10.5. The van der Waals surface area contributed by atoms with Crippen molar-refractivity contribution in [2.75, 3.05) is 7.11 Å². The summed E-state index contributed by atoms with van der Waals surface area (Å²) in [6, 6.07) is 8.67. The third-order valence-electron chi connectivity index (χ3n) is 3.97. The van der Waals surface area contributed by atoms with Crippen molar-refractivity contribution in [1.82, 2.24) is 0 Å². The fraction of sp³-hybridized carbons (Fsp3) is 0.400. The van der Waals surface area contributed by atoms with Crippen molar-refractivity contribution in [2.45, 2.75) is 46.0 Å². The third kappa shape index (κ3) is 5.43. The number of thiophene rings is 1. The van der Waals surface area contributed by atoms with Gasteiger partial charge in [0.25, 0.3) is 0 Å². The number of ether oxygens (including phenoxy) is 2. The number of methoxy groups -OCH3 is 1. The van der Waals surface area contributed by atoms with Crippen LogP contribution in [0.3, 0.4) is 0 Å². The molecule has 2 aromatic rings. The summed E-state index contributed by atoms with van der Waals surface area (Å²) in [4.78, 5) is 25.1. The highest BCUT2D eigenvalue weighted by Crippen LogP contribution is 2.27. The zero-order valence-corrected chi connectivity index (χ0v) is 15.8. The highest BCUT2D eigenvalue weighted by Gasteiger charge is 2.15. The number of unbranched alkanes of at least 4 members (excludes halogenated alkanes) is 3. The summed E-state index contributed by atoms with van der Waals surface area (Å²) in [6.45, 7) is 3.97. The minimum Gasteiger partial charge on any atom is -0.465 e. The van der Waals surface area contributed by atoms with E-state index in [0.717, 1.165) is 12.8 Å². The Labute approximate surface area is 152 Å². The van der Waals surface area contributed by atoms with Crippen LogP contribution in [0.25, 0.3) is 0 Å². The minimum atomic E-state index is -0.422. The minimum absolute atomic E-state index is 0.409. The molecule has 1 heterocycles. The lowest BCUT2D eigenvalue weighted by Gasteiger charge is -2.07. The van der Waals surface area contributed by atoms with E-state index in [-0.39, 0.29) is 0 Å². The van der Waals surface area contributed by atoms with Crippen molar-refractivity contribution in [3.8, 4) is 5.06 Å². The molecule has 0 spiro atoms. The van der Waals surface area contributed by atoms with E-state index < -0.39 is 11.9 Å². The van der Waals surface area contributed by atoms with Crippen molar-refractivity contribution in [3.05, 3.63) is 51.9 Å². The number of carbonyl (C=O) groups is 2. The van der Waals surface area contributed by atoms with Crippen molar-refractivity contribution < 1.29 is 19.1 Å². The second-order valence-corrected chi connectivity index (χ2v) is 7.07. The van der Waals surface area contributed by atoms with Gasteiger partial charge in [0.15, 0.2) is 5.06 Å². The molecule has 0 saturated carbocycles. The summed E-state index contributed by atoms with van der Waals surface area (Å²) in [7, 11) is 1.33. The van der Waals surface area contributed by atoms with E-state index >= 15 is 0 Å². The molecule has 0 unspecified atom stereocenters. The number of hydrogen-bond donors (Lipinski definition) is 0. The monoisotopic (exact) mass is 360 g/mol. The van der Waals surface area contributed by atoms with Gasteiger partial charge in [0, 0.05) is 4.88 Å². The molecule has 0 N–H and O–H groups in total. The zero-order valence-electron chi connectivity index (χ0n) is 15.0. The maximum absolute atomic E-state index is 12.4. The number of aryl methyl sites for hydroxylation is 2. The van der Waals surface area contributed by atoms with Gasteiger partial charge in [-0.25, -0.2) is 9.59 Å². The van der Waals surface area contributed by atoms with Crippen LogP contribution in [0, 0.1) is 6.92 Å². The molecule has 4 nitrogen and oxygen atoms in total. The Morgan fingerprint density at radius 1 is 1.04 bits per heavy atom. The maximum Gasteiger partial charge on any atom is 0.344 e. The predicted octanol–water partition coefficient (Wildman–Crippen LogP) is 5.19. The van der Waals surface area contributed by atoms with Crippen LogP contribution >= 0.6 is 11.3 Å². The molecular weight excluding hydrogens is 336 g/mol. The lowest BCUT2D eigenvalue weighted by molar-refractivity contribution is 0.0599. The molecule has 1 aromatic carbocycles. The van der Waals surface area contributed by atoms with Crippen LogP contribution in [0.4, 0.5) is 0 Å². The van der Waals surface area contributed by atoms with Crippen LogP contribution in [0.2, 0.25) is 0 Å². The van der Waals surface area contributed by atoms with Crippen molar-refractivity contribution in [3.63, 3.8) is 0 Å². The molecule has 0 bridgehead atoms. The third-order valence-corrected chi connectivity index (χ3v) is 5.00. The van der Waals surface area contributed by atoms with Gasteiger partial charge in [-0.15, -0.1) is 11.3 Å². The Morgan fingerprint density at radius 3 is 2.52 bits per heavy atom. The Morgan fingerprint density at radius 2 is 1.84 bits per heavy atom. The topological polar surface area (TPSA) is 52.6 Å². The molecule has 0 amide bonds. The zero-order chi connectivity index (χ0) is 18.2. The highest BCUT2D eigenvalue weighted by molar-refractivity contribution is 7.13. The van der Waals surface area contributed by atoms with E-state index in [1.165, 1.54) is 42.6 Å². The Balaban J connectivity index is 1.98. The molecule has 2 rings (SSSR count).